The third-order valence-corrected chi connectivity index (χ3v) is 0.988. The predicted octanol–water partition coefficient (Wildman–Crippen LogP) is 0.326. The number of hydrogen-bond acceptors (Lipinski definition) is 4. The first-order valence-electron chi connectivity index (χ1n) is 2.47. The minimum Gasteiger partial charge on any atom is -0.488 e. The molecule has 0 spiro atoms. The second-order valence-corrected chi connectivity index (χ2v) is 1.54. The molecule has 0 aromatic carbocycles. The molecule has 54 valence electrons. The monoisotopic (exact) mass is 143 g/mol. The Kier molecular flexibility index (Phi) is 1.53. The van der Waals surface area contributed by atoms with Crippen molar-refractivity contribution in [3.63, 3.8) is 0 Å². The number of nitrogens with one attached hydrogen (secondary N) is 1. The van der Waals surface area contributed by atoms with Gasteiger partial charge in [-0.15, -0.1) is 5.10 Å². The van der Waals surface area contributed by atoms with Crippen LogP contribution >= 0.6 is 0 Å². The molecule has 1 aromatic heterocycles. The summed E-state index contributed by atoms with van der Waals surface area (Å²) in [4.78, 5) is 9.50. The van der Waals surface area contributed by atoms with Crippen molar-refractivity contribution in [2.24, 2.45) is 0 Å². The van der Waals surface area contributed by atoms with Gasteiger partial charge in [-0.25, -0.2) is 0 Å². The molecule has 0 aliphatic carbocycles. The fourth-order valence-corrected chi connectivity index (χ4v) is 0.548. The molecule has 0 bridgehead atoms. The van der Waals surface area contributed by atoms with Crippen LogP contribution in [0.15, 0.2) is 6.20 Å². The van der Waals surface area contributed by atoms with Crippen molar-refractivity contribution in [1.29, 1.82) is 0 Å². The second kappa shape index (κ2) is 2.34. The third kappa shape index (κ3) is 0.903. The van der Waals surface area contributed by atoms with Crippen LogP contribution in [0.4, 0.5) is 5.82 Å². The summed E-state index contributed by atoms with van der Waals surface area (Å²) in [5.41, 5.74) is 0. The highest BCUT2D eigenvalue weighted by molar-refractivity contribution is 5.36. The highest BCUT2D eigenvalue weighted by Crippen LogP contribution is 2.21. The zero-order valence-corrected chi connectivity index (χ0v) is 5.20. The van der Waals surface area contributed by atoms with E-state index in [4.69, 9.17) is 0 Å². The van der Waals surface area contributed by atoms with Crippen LogP contribution in [0.2, 0.25) is 0 Å². The van der Waals surface area contributed by atoms with Crippen LogP contribution in [0.1, 0.15) is 0 Å². The van der Waals surface area contributed by atoms with Gasteiger partial charge in [-0.05, 0) is 4.92 Å². The molecule has 1 heterocycles. The summed E-state index contributed by atoms with van der Waals surface area (Å²) >= 11 is 0. The molecule has 0 atom stereocenters. The van der Waals surface area contributed by atoms with E-state index in [1.54, 1.807) is 0 Å². The molecular weight excluding hydrogens is 138 g/mol. The van der Waals surface area contributed by atoms with Gasteiger partial charge in [0.05, 0.1) is 7.11 Å². The number of aromatic nitrogens is 2. The molecule has 1 rings (SSSR count). The van der Waals surface area contributed by atoms with Crippen LogP contribution in [0.3, 0.4) is 0 Å². The molecule has 0 aliphatic rings. The van der Waals surface area contributed by atoms with Gasteiger partial charge in [-0.1, -0.05) is 5.10 Å². The van der Waals surface area contributed by atoms with E-state index in [-0.39, 0.29) is 11.6 Å². The maximum atomic E-state index is 10.1. The fourth-order valence-electron chi connectivity index (χ4n) is 0.548. The van der Waals surface area contributed by atoms with Gasteiger partial charge in [-0.3, -0.25) is 0 Å². The molecule has 0 unspecified atom stereocenters. The van der Waals surface area contributed by atoms with Gasteiger partial charge in [0.25, 0.3) is 0 Å². The lowest BCUT2D eigenvalue weighted by Crippen LogP contribution is -1.91. The minimum absolute atomic E-state index is 0.144. The lowest BCUT2D eigenvalue weighted by Gasteiger charge is -1.92. The zero-order chi connectivity index (χ0) is 7.56. The molecule has 0 saturated heterocycles. The molecule has 0 amide bonds. The quantitative estimate of drug-likeness (QED) is 0.477. The first-order valence-corrected chi connectivity index (χ1v) is 2.47. The van der Waals surface area contributed by atoms with Crippen molar-refractivity contribution in [1.82, 2.24) is 10.2 Å². The molecule has 1 aromatic rings. The minimum atomic E-state index is -0.591. The van der Waals surface area contributed by atoms with Crippen molar-refractivity contribution >= 4 is 5.82 Å². The molecule has 0 radical (unpaired) electrons. The lowest BCUT2D eigenvalue weighted by molar-refractivity contribution is -0.390. The van der Waals surface area contributed by atoms with E-state index < -0.39 is 4.92 Å². The maximum absolute atomic E-state index is 10.1. The maximum Gasteiger partial charge on any atom is 0.385 e. The first-order chi connectivity index (χ1) is 4.75. The van der Waals surface area contributed by atoms with E-state index in [1.807, 2.05) is 0 Å². The Labute approximate surface area is 56.0 Å². The highest BCUT2D eigenvalue weighted by atomic mass is 16.6. The van der Waals surface area contributed by atoms with Crippen molar-refractivity contribution in [2.45, 2.75) is 0 Å². The Bertz CT molecular complexity index is 244. The van der Waals surface area contributed by atoms with Gasteiger partial charge < -0.3 is 14.9 Å². The number of nitro groups is 1. The fraction of sp³-hybridized carbons (Fsp3) is 0.250. The first kappa shape index (κ1) is 6.53. The topological polar surface area (TPSA) is 81.0 Å². The number of rotatable bonds is 2. The number of ether oxygens (including phenoxy) is 1. The molecule has 0 fully saturated rings. The van der Waals surface area contributed by atoms with E-state index in [0.29, 0.717) is 0 Å². The summed E-state index contributed by atoms with van der Waals surface area (Å²) in [6.45, 7) is 0. The number of aromatic amines is 1. The Hall–Kier alpha value is -1.59. The Morgan fingerprint density at radius 3 is 3.00 bits per heavy atom. The predicted molar refractivity (Wildman–Crippen MR) is 31.8 cm³/mol. The van der Waals surface area contributed by atoms with E-state index >= 15 is 0 Å². The Balaban J connectivity index is 3.01. The number of hydrogen-bond donors (Lipinski definition) is 1. The van der Waals surface area contributed by atoms with Crippen molar-refractivity contribution < 1.29 is 9.66 Å². The van der Waals surface area contributed by atoms with Gasteiger partial charge >= 0.3 is 5.82 Å². The summed E-state index contributed by atoms with van der Waals surface area (Å²) < 4.78 is 4.61. The largest absolute Gasteiger partial charge is 0.488 e. The molecule has 1 N–H and O–H groups in total. The SMILES string of the molecule is COc1cn[nH]c1[N+](=O)[O-]. The number of H-pyrrole nitrogens is 1. The van der Waals surface area contributed by atoms with Gasteiger partial charge in [0.2, 0.25) is 5.75 Å². The molecule has 0 saturated carbocycles. The standard InChI is InChI=1S/C4H5N3O3/c1-10-3-2-5-6-4(3)7(8)9/h2H,1H3,(H,5,6). The normalized spacial score (nSPS) is 9.30. The van der Waals surface area contributed by atoms with E-state index in [0.717, 1.165) is 0 Å². The van der Waals surface area contributed by atoms with Crippen LogP contribution in [0.5, 0.6) is 5.75 Å². The van der Waals surface area contributed by atoms with Crippen molar-refractivity contribution in [3.8, 4) is 5.75 Å². The average molecular weight is 143 g/mol. The molecular formula is C4H5N3O3. The highest BCUT2D eigenvalue weighted by Gasteiger charge is 2.13. The van der Waals surface area contributed by atoms with E-state index in [1.165, 1.54) is 13.3 Å². The summed E-state index contributed by atoms with van der Waals surface area (Å²) in [6.07, 6.45) is 1.25. The Morgan fingerprint density at radius 1 is 1.90 bits per heavy atom. The third-order valence-electron chi connectivity index (χ3n) is 0.988. The van der Waals surface area contributed by atoms with Crippen LogP contribution in [-0.4, -0.2) is 22.2 Å². The molecule has 6 heteroatoms. The summed E-state index contributed by atoms with van der Waals surface area (Å²) in [5, 5.41) is 15.7. The number of methoxy groups -OCH3 is 1. The Morgan fingerprint density at radius 2 is 2.60 bits per heavy atom. The smallest absolute Gasteiger partial charge is 0.385 e. The summed E-state index contributed by atoms with van der Waals surface area (Å²) in [6, 6.07) is 0. The zero-order valence-electron chi connectivity index (χ0n) is 5.20. The van der Waals surface area contributed by atoms with Gasteiger partial charge in [0.15, 0.2) is 0 Å². The average Bonchev–Trinajstić information content (AvgIpc) is 2.33. The summed E-state index contributed by atoms with van der Waals surface area (Å²) in [7, 11) is 1.35. The molecule has 10 heavy (non-hydrogen) atoms. The van der Waals surface area contributed by atoms with Crippen molar-refractivity contribution in [2.75, 3.05) is 7.11 Å². The van der Waals surface area contributed by atoms with Gasteiger partial charge in [0.1, 0.15) is 6.20 Å². The van der Waals surface area contributed by atoms with Crippen LogP contribution in [0.25, 0.3) is 0 Å². The van der Waals surface area contributed by atoms with Crippen LogP contribution in [-0.2, 0) is 0 Å². The van der Waals surface area contributed by atoms with Crippen LogP contribution < -0.4 is 4.74 Å². The van der Waals surface area contributed by atoms with E-state index in [9.17, 15) is 10.1 Å². The van der Waals surface area contributed by atoms with E-state index in [2.05, 4.69) is 14.9 Å². The number of nitrogens with zero attached hydrogens (tertiary/aromatic N) is 2. The second-order valence-electron chi connectivity index (χ2n) is 1.54. The van der Waals surface area contributed by atoms with Gasteiger partial charge in [-0.2, -0.15) is 0 Å². The summed E-state index contributed by atoms with van der Waals surface area (Å²) in [5.74, 6) is -0.0764. The molecule has 0 aliphatic heterocycles. The van der Waals surface area contributed by atoms with Crippen molar-refractivity contribution in [3.05, 3.63) is 16.3 Å². The van der Waals surface area contributed by atoms with Gasteiger partial charge in [0, 0.05) is 0 Å². The molecule has 6 nitrogen and oxygen atoms in total. The lowest BCUT2D eigenvalue weighted by atomic mass is 10.6. The van der Waals surface area contributed by atoms with Crippen LogP contribution in [0, 0.1) is 10.1 Å².